The summed E-state index contributed by atoms with van der Waals surface area (Å²) in [6.45, 7) is 4.01. The molecule has 0 radical (unpaired) electrons. The Kier molecular flexibility index (Phi) is 5.43. The Morgan fingerprint density at radius 1 is 1.47 bits per heavy atom. The van der Waals surface area contributed by atoms with Gasteiger partial charge in [-0.2, -0.15) is 0 Å². The first-order valence-corrected chi connectivity index (χ1v) is 6.61. The quantitative estimate of drug-likeness (QED) is 0.704. The van der Waals surface area contributed by atoms with Crippen LogP contribution in [0.5, 0.6) is 0 Å². The number of rotatable bonds is 6. The molecule has 0 saturated heterocycles. The lowest BCUT2D eigenvalue weighted by Gasteiger charge is -2.12. The molecule has 2 amide bonds. The number of aromatic nitrogens is 1. The molecule has 1 aromatic rings. The third kappa shape index (κ3) is 4.32. The van der Waals surface area contributed by atoms with E-state index in [0.29, 0.717) is 6.54 Å². The van der Waals surface area contributed by atoms with Crippen molar-refractivity contribution >= 4 is 29.1 Å². The molecule has 19 heavy (non-hydrogen) atoms. The molecule has 0 bridgehead atoms. The highest BCUT2D eigenvalue weighted by Crippen LogP contribution is 2.09. The van der Waals surface area contributed by atoms with Gasteiger partial charge in [-0.15, -0.1) is 11.3 Å². The number of carboxylic acids is 1. The van der Waals surface area contributed by atoms with Gasteiger partial charge >= 0.3 is 5.97 Å². The number of nitrogens with one attached hydrogen (secondary N) is 2. The van der Waals surface area contributed by atoms with Gasteiger partial charge in [-0.3, -0.25) is 9.59 Å². The fraction of sp³-hybridized carbons (Fsp3) is 0.455. The maximum Gasteiger partial charge on any atom is 0.355 e. The number of carbonyl (C=O) groups excluding carboxylic acids is 2. The largest absolute Gasteiger partial charge is 0.476 e. The molecule has 0 spiro atoms. The van der Waals surface area contributed by atoms with E-state index in [9.17, 15) is 14.4 Å². The van der Waals surface area contributed by atoms with Crippen molar-refractivity contribution in [3.05, 3.63) is 16.1 Å². The minimum absolute atomic E-state index is 0.0209. The molecule has 1 unspecified atom stereocenters. The van der Waals surface area contributed by atoms with E-state index in [0.717, 1.165) is 17.8 Å². The number of hydrogen-bond acceptors (Lipinski definition) is 5. The van der Waals surface area contributed by atoms with Crippen LogP contribution in [0.25, 0.3) is 0 Å². The van der Waals surface area contributed by atoms with Gasteiger partial charge in [-0.1, -0.05) is 6.92 Å². The predicted molar refractivity (Wildman–Crippen MR) is 69.3 cm³/mol. The molecule has 104 valence electrons. The maximum atomic E-state index is 11.7. The second kappa shape index (κ2) is 6.83. The molecular formula is C11H15N3O4S. The van der Waals surface area contributed by atoms with Crippen LogP contribution in [0.3, 0.4) is 0 Å². The summed E-state index contributed by atoms with van der Waals surface area (Å²) in [5.41, 5.74) is -0.182. The summed E-state index contributed by atoms with van der Waals surface area (Å²) in [4.78, 5) is 37.6. The molecule has 0 saturated carbocycles. The Morgan fingerprint density at radius 2 is 2.16 bits per heavy atom. The van der Waals surface area contributed by atoms with Crippen molar-refractivity contribution in [1.82, 2.24) is 15.6 Å². The summed E-state index contributed by atoms with van der Waals surface area (Å²) in [5, 5.41) is 15.1. The van der Waals surface area contributed by atoms with Crippen LogP contribution in [-0.4, -0.2) is 40.5 Å². The number of aromatic carboxylic acids is 1. The minimum Gasteiger partial charge on any atom is -0.476 e. The molecule has 0 aliphatic carbocycles. The Labute approximate surface area is 114 Å². The van der Waals surface area contributed by atoms with Gasteiger partial charge in [0.1, 0.15) is 6.04 Å². The Balaban J connectivity index is 2.58. The van der Waals surface area contributed by atoms with Gasteiger partial charge in [-0.25, -0.2) is 9.78 Å². The van der Waals surface area contributed by atoms with E-state index in [1.54, 1.807) is 6.92 Å². The molecule has 3 N–H and O–H groups in total. The molecule has 1 heterocycles. The lowest BCUT2D eigenvalue weighted by molar-refractivity contribution is -0.122. The first-order valence-electron chi connectivity index (χ1n) is 5.73. The lowest BCUT2D eigenvalue weighted by Crippen LogP contribution is -2.45. The first kappa shape index (κ1) is 15.1. The highest BCUT2D eigenvalue weighted by molar-refractivity contribution is 7.11. The molecule has 0 aliphatic rings. The summed E-state index contributed by atoms with van der Waals surface area (Å²) >= 11 is 0.922. The normalized spacial score (nSPS) is 11.7. The van der Waals surface area contributed by atoms with Gasteiger partial charge in [0.05, 0.1) is 0 Å². The second-order valence-electron chi connectivity index (χ2n) is 3.83. The molecular weight excluding hydrogens is 270 g/mol. The van der Waals surface area contributed by atoms with E-state index in [1.165, 1.54) is 5.38 Å². The van der Waals surface area contributed by atoms with Crippen LogP contribution < -0.4 is 10.6 Å². The monoisotopic (exact) mass is 285 g/mol. The highest BCUT2D eigenvalue weighted by Gasteiger charge is 2.19. The van der Waals surface area contributed by atoms with Gasteiger partial charge in [0, 0.05) is 11.9 Å². The Morgan fingerprint density at radius 3 is 2.68 bits per heavy atom. The van der Waals surface area contributed by atoms with Crippen LogP contribution in [0.15, 0.2) is 5.38 Å². The number of nitrogens with zero attached hydrogens (tertiary/aromatic N) is 1. The van der Waals surface area contributed by atoms with Crippen molar-refractivity contribution in [2.75, 3.05) is 6.54 Å². The zero-order valence-electron chi connectivity index (χ0n) is 10.6. The van der Waals surface area contributed by atoms with Crippen molar-refractivity contribution in [1.29, 1.82) is 0 Å². The molecule has 1 aromatic heterocycles. The van der Waals surface area contributed by atoms with E-state index >= 15 is 0 Å². The van der Waals surface area contributed by atoms with Crippen molar-refractivity contribution in [2.24, 2.45) is 0 Å². The van der Waals surface area contributed by atoms with Crippen molar-refractivity contribution in [2.45, 2.75) is 26.3 Å². The van der Waals surface area contributed by atoms with Gasteiger partial charge in [0.25, 0.3) is 5.91 Å². The van der Waals surface area contributed by atoms with Crippen LogP contribution in [0.1, 0.15) is 40.6 Å². The Bertz CT molecular complexity index is 486. The fourth-order valence-corrected chi connectivity index (χ4v) is 1.90. The van der Waals surface area contributed by atoms with Crippen LogP contribution in [-0.2, 0) is 4.79 Å². The molecule has 7 nitrogen and oxygen atoms in total. The average molecular weight is 285 g/mol. The standard InChI is InChI=1S/C11H15N3O4S/c1-3-4-12-8(15)6(2)13-9(16)10-14-7(5-19-10)11(17)18/h5-6H,3-4H2,1-2H3,(H,12,15)(H,13,16)(H,17,18). The first-order chi connectivity index (χ1) is 8.95. The number of carbonyl (C=O) groups is 3. The minimum atomic E-state index is -1.19. The fourth-order valence-electron chi connectivity index (χ4n) is 1.20. The van der Waals surface area contributed by atoms with Crippen LogP contribution in [0, 0.1) is 0 Å². The summed E-state index contributed by atoms with van der Waals surface area (Å²) in [6, 6.07) is -0.698. The van der Waals surface area contributed by atoms with Gasteiger partial charge in [0.2, 0.25) is 5.91 Å². The van der Waals surface area contributed by atoms with Crippen LogP contribution in [0.4, 0.5) is 0 Å². The van der Waals surface area contributed by atoms with Gasteiger partial charge < -0.3 is 15.7 Å². The SMILES string of the molecule is CCCNC(=O)C(C)NC(=O)c1nc(C(=O)O)cs1. The van der Waals surface area contributed by atoms with E-state index in [2.05, 4.69) is 15.6 Å². The smallest absolute Gasteiger partial charge is 0.355 e. The number of amides is 2. The van der Waals surface area contributed by atoms with E-state index in [1.807, 2.05) is 6.92 Å². The second-order valence-corrected chi connectivity index (χ2v) is 4.69. The van der Waals surface area contributed by atoms with Crippen molar-refractivity contribution in [3.63, 3.8) is 0 Å². The summed E-state index contributed by atoms with van der Waals surface area (Å²) in [7, 11) is 0. The number of hydrogen-bond donors (Lipinski definition) is 3. The summed E-state index contributed by atoms with van der Waals surface area (Å²) in [5.74, 6) is -2.04. The summed E-state index contributed by atoms with van der Waals surface area (Å²) < 4.78 is 0. The molecule has 0 aliphatic heterocycles. The molecule has 1 atom stereocenters. The summed E-state index contributed by atoms with van der Waals surface area (Å²) in [6.07, 6.45) is 0.806. The lowest BCUT2D eigenvalue weighted by atomic mass is 10.3. The van der Waals surface area contributed by atoms with Crippen LogP contribution in [0.2, 0.25) is 0 Å². The van der Waals surface area contributed by atoms with E-state index in [-0.39, 0.29) is 16.6 Å². The zero-order valence-corrected chi connectivity index (χ0v) is 11.4. The highest BCUT2D eigenvalue weighted by atomic mass is 32.1. The van der Waals surface area contributed by atoms with Crippen molar-refractivity contribution < 1.29 is 19.5 Å². The zero-order chi connectivity index (χ0) is 14.4. The number of thiazole rings is 1. The molecule has 0 aromatic carbocycles. The molecule has 1 rings (SSSR count). The predicted octanol–water partition coefficient (Wildman–Crippen LogP) is 0.486. The average Bonchev–Trinajstić information content (AvgIpc) is 2.85. The molecule has 8 heteroatoms. The number of carboxylic acid groups (broad SMARTS) is 1. The van der Waals surface area contributed by atoms with E-state index in [4.69, 9.17) is 5.11 Å². The maximum absolute atomic E-state index is 11.7. The van der Waals surface area contributed by atoms with Crippen LogP contribution >= 0.6 is 11.3 Å². The molecule has 0 fully saturated rings. The Hall–Kier alpha value is -1.96. The van der Waals surface area contributed by atoms with Gasteiger partial charge in [0.15, 0.2) is 10.7 Å². The van der Waals surface area contributed by atoms with Gasteiger partial charge in [-0.05, 0) is 13.3 Å². The van der Waals surface area contributed by atoms with Crippen molar-refractivity contribution in [3.8, 4) is 0 Å². The third-order valence-electron chi connectivity index (χ3n) is 2.21. The van der Waals surface area contributed by atoms with E-state index < -0.39 is 17.9 Å². The topological polar surface area (TPSA) is 108 Å². The third-order valence-corrected chi connectivity index (χ3v) is 3.05.